The Kier molecular flexibility index (Phi) is 8.16. The number of amides is 1. The number of rotatable bonds is 9. The Hall–Kier alpha value is -4.35. The number of ether oxygens (including phenoxy) is 1. The van der Waals surface area contributed by atoms with Gasteiger partial charge in [0.1, 0.15) is 17.3 Å². The number of halogens is 1. The van der Waals surface area contributed by atoms with Gasteiger partial charge in [0.15, 0.2) is 0 Å². The fourth-order valence-electron chi connectivity index (χ4n) is 4.08. The highest BCUT2D eigenvalue weighted by Gasteiger charge is 2.21. The maximum Gasteiger partial charge on any atom is 0.255 e. The van der Waals surface area contributed by atoms with Crippen LogP contribution in [0.1, 0.15) is 33.1 Å². The average Bonchev–Trinajstić information content (AvgIpc) is 2.97. The Morgan fingerprint density at radius 1 is 0.711 bits per heavy atom. The molecule has 5 rings (SSSR count). The van der Waals surface area contributed by atoms with E-state index in [2.05, 4.69) is 29.6 Å². The zero-order valence-electron chi connectivity index (χ0n) is 20.6. The van der Waals surface area contributed by atoms with Gasteiger partial charge in [0.25, 0.3) is 5.91 Å². The number of nitrogens with one attached hydrogen (secondary N) is 1. The van der Waals surface area contributed by atoms with Crippen molar-refractivity contribution in [1.29, 1.82) is 0 Å². The third-order valence-electron chi connectivity index (χ3n) is 6.04. The molecule has 188 valence electrons. The normalized spacial score (nSPS) is 11.5. The Labute approximate surface area is 226 Å². The standard InChI is InChI=1S/C33H26FNO2S/c34-27-19-15-25(16-20-27)32(26-17-21-29(22-18-26)38-23-24-9-3-1-4-10-24)35-33(36)30-13-7-8-14-31(30)37-28-11-5-2-6-12-28/h1-22,32H,23H2,(H,35,36). The SMILES string of the molecule is O=C(NC(c1ccc(F)cc1)c1ccc(SCc2ccccc2)cc1)c1ccccc1Oc1ccccc1. The predicted octanol–water partition coefficient (Wildman–Crippen LogP) is 8.43. The van der Waals surface area contributed by atoms with Crippen LogP contribution in [0.15, 0.2) is 138 Å². The fraction of sp³-hybridized carbons (Fsp3) is 0.0606. The molecule has 1 unspecified atom stereocenters. The molecule has 0 radical (unpaired) electrons. The van der Waals surface area contributed by atoms with Gasteiger partial charge < -0.3 is 10.1 Å². The molecule has 1 amide bonds. The van der Waals surface area contributed by atoms with Crippen LogP contribution in [-0.2, 0) is 5.75 Å². The van der Waals surface area contributed by atoms with Gasteiger partial charge in [0, 0.05) is 10.6 Å². The van der Waals surface area contributed by atoms with Gasteiger partial charge >= 0.3 is 0 Å². The number of para-hydroxylation sites is 2. The third-order valence-corrected chi connectivity index (χ3v) is 7.13. The molecule has 0 saturated carbocycles. The summed E-state index contributed by atoms with van der Waals surface area (Å²) in [6.07, 6.45) is 0. The van der Waals surface area contributed by atoms with Crippen molar-refractivity contribution in [2.24, 2.45) is 0 Å². The molecular formula is C33H26FNO2S. The minimum absolute atomic E-state index is 0.284. The molecule has 5 heteroatoms. The summed E-state index contributed by atoms with van der Waals surface area (Å²) in [5.74, 6) is 1.37. The molecule has 3 nitrogen and oxygen atoms in total. The van der Waals surface area contributed by atoms with Crippen LogP contribution in [0.2, 0.25) is 0 Å². The van der Waals surface area contributed by atoms with Crippen LogP contribution in [0, 0.1) is 5.82 Å². The molecule has 5 aromatic carbocycles. The Bertz CT molecular complexity index is 1470. The van der Waals surface area contributed by atoms with E-state index in [-0.39, 0.29) is 11.7 Å². The van der Waals surface area contributed by atoms with Crippen LogP contribution in [-0.4, -0.2) is 5.91 Å². The lowest BCUT2D eigenvalue weighted by molar-refractivity contribution is 0.0940. The van der Waals surface area contributed by atoms with E-state index in [1.807, 2.05) is 66.7 Å². The maximum atomic E-state index is 13.7. The summed E-state index contributed by atoms with van der Waals surface area (Å²) in [4.78, 5) is 14.7. The van der Waals surface area contributed by atoms with Crippen molar-refractivity contribution in [1.82, 2.24) is 5.32 Å². The summed E-state index contributed by atoms with van der Waals surface area (Å²) >= 11 is 1.75. The first-order chi connectivity index (χ1) is 18.7. The van der Waals surface area contributed by atoms with Gasteiger partial charge in [-0.1, -0.05) is 84.9 Å². The number of hydrogen-bond donors (Lipinski definition) is 1. The van der Waals surface area contributed by atoms with Gasteiger partial charge in [-0.15, -0.1) is 11.8 Å². The lowest BCUT2D eigenvalue weighted by Crippen LogP contribution is -2.29. The van der Waals surface area contributed by atoms with Gasteiger partial charge in [-0.2, -0.15) is 0 Å². The molecule has 0 aliphatic rings. The highest BCUT2D eigenvalue weighted by Crippen LogP contribution is 2.30. The van der Waals surface area contributed by atoms with E-state index in [1.54, 1.807) is 42.1 Å². The first-order valence-corrected chi connectivity index (χ1v) is 13.3. The zero-order chi connectivity index (χ0) is 26.2. The summed E-state index contributed by atoms with van der Waals surface area (Å²) in [6, 6.07) is 40.7. The lowest BCUT2D eigenvalue weighted by Gasteiger charge is -2.21. The summed E-state index contributed by atoms with van der Waals surface area (Å²) in [5, 5.41) is 3.14. The lowest BCUT2D eigenvalue weighted by atomic mass is 9.98. The van der Waals surface area contributed by atoms with Crippen molar-refractivity contribution in [3.05, 3.63) is 162 Å². The van der Waals surface area contributed by atoms with Crippen LogP contribution in [0.3, 0.4) is 0 Å². The van der Waals surface area contributed by atoms with Gasteiger partial charge in [-0.3, -0.25) is 4.79 Å². The van der Waals surface area contributed by atoms with Crippen molar-refractivity contribution < 1.29 is 13.9 Å². The summed E-state index contributed by atoms with van der Waals surface area (Å²) in [5.41, 5.74) is 3.36. The fourth-order valence-corrected chi connectivity index (χ4v) is 4.93. The first-order valence-electron chi connectivity index (χ1n) is 12.3. The van der Waals surface area contributed by atoms with Crippen LogP contribution >= 0.6 is 11.8 Å². The van der Waals surface area contributed by atoms with Crippen molar-refractivity contribution >= 4 is 17.7 Å². The second kappa shape index (κ2) is 12.3. The van der Waals surface area contributed by atoms with Gasteiger partial charge in [0.2, 0.25) is 0 Å². The van der Waals surface area contributed by atoms with E-state index < -0.39 is 6.04 Å². The molecule has 0 saturated heterocycles. The molecule has 0 spiro atoms. The van der Waals surface area contributed by atoms with Crippen LogP contribution in [0.25, 0.3) is 0 Å². The molecule has 1 atom stereocenters. The number of carbonyl (C=O) groups excluding carboxylic acids is 1. The quantitative estimate of drug-likeness (QED) is 0.199. The molecule has 1 N–H and O–H groups in total. The smallest absolute Gasteiger partial charge is 0.255 e. The molecule has 0 bridgehead atoms. The molecule has 0 fully saturated rings. The highest BCUT2D eigenvalue weighted by molar-refractivity contribution is 7.98. The molecule has 0 heterocycles. The van der Waals surface area contributed by atoms with E-state index in [4.69, 9.17) is 4.74 Å². The molecule has 38 heavy (non-hydrogen) atoms. The highest BCUT2D eigenvalue weighted by atomic mass is 32.2. The van der Waals surface area contributed by atoms with Crippen LogP contribution in [0.5, 0.6) is 11.5 Å². The first kappa shape index (κ1) is 25.3. The number of thioether (sulfide) groups is 1. The predicted molar refractivity (Wildman–Crippen MR) is 151 cm³/mol. The molecule has 5 aromatic rings. The van der Waals surface area contributed by atoms with Gasteiger partial charge in [-0.05, 0) is 65.2 Å². The molecule has 0 aliphatic heterocycles. The molecular weight excluding hydrogens is 493 g/mol. The molecule has 0 aliphatic carbocycles. The van der Waals surface area contributed by atoms with E-state index in [0.717, 1.165) is 21.8 Å². The van der Waals surface area contributed by atoms with Crippen LogP contribution < -0.4 is 10.1 Å². The minimum Gasteiger partial charge on any atom is -0.457 e. The Morgan fingerprint density at radius 3 is 1.97 bits per heavy atom. The molecule has 0 aromatic heterocycles. The number of hydrogen-bond acceptors (Lipinski definition) is 3. The van der Waals surface area contributed by atoms with Crippen molar-refractivity contribution in [2.45, 2.75) is 16.7 Å². The largest absolute Gasteiger partial charge is 0.457 e. The monoisotopic (exact) mass is 519 g/mol. The van der Waals surface area contributed by atoms with Crippen molar-refractivity contribution in [2.75, 3.05) is 0 Å². The Morgan fingerprint density at radius 2 is 1.29 bits per heavy atom. The summed E-state index contributed by atoms with van der Waals surface area (Å²) in [6.45, 7) is 0. The van der Waals surface area contributed by atoms with Crippen LogP contribution in [0.4, 0.5) is 4.39 Å². The van der Waals surface area contributed by atoms with E-state index >= 15 is 0 Å². The second-order valence-corrected chi connectivity index (χ2v) is 9.76. The van der Waals surface area contributed by atoms with Crippen molar-refractivity contribution in [3.63, 3.8) is 0 Å². The Balaban J connectivity index is 1.38. The van der Waals surface area contributed by atoms with E-state index in [0.29, 0.717) is 17.1 Å². The second-order valence-electron chi connectivity index (χ2n) is 8.71. The summed E-state index contributed by atoms with van der Waals surface area (Å²) in [7, 11) is 0. The maximum absolute atomic E-state index is 13.7. The van der Waals surface area contributed by atoms with Gasteiger partial charge in [-0.25, -0.2) is 4.39 Å². The minimum atomic E-state index is -0.471. The topological polar surface area (TPSA) is 38.3 Å². The number of benzene rings is 5. The van der Waals surface area contributed by atoms with E-state index in [9.17, 15) is 9.18 Å². The number of carbonyl (C=O) groups is 1. The average molecular weight is 520 g/mol. The van der Waals surface area contributed by atoms with Crippen molar-refractivity contribution in [3.8, 4) is 11.5 Å². The van der Waals surface area contributed by atoms with E-state index in [1.165, 1.54) is 17.7 Å². The zero-order valence-corrected chi connectivity index (χ0v) is 21.4. The van der Waals surface area contributed by atoms with Gasteiger partial charge in [0.05, 0.1) is 11.6 Å². The summed E-state index contributed by atoms with van der Waals surface area (Å²) < 4.78 is 19.7. The third kappa shape index (κ3) is 6.50.